The van der Waals surface area contributed by atoms with Gasteiger partial charge in [-0.25, -0.2) is 4.39 Å². The lowest BCUT2D eigenvalue weighted by Gasteiger charge is -2.08. The third kappa shape index (κ3) is 4.14. The molecule has 2 rings (SSSR count). The normalized spacial score (nSPS) is 10.4. The molecule has 0 spiro atoms. The molecule has 0 aliphatic rings. The molecular formula is C15H15ClFNO. The molecule has 0 aromatic heterocycles. The molecule has 0 saturated carbocycles. The summed E-state index contributed by atoms with van der Waals surface area (Å²) in [5.41, 5.74) is 7.59. The number of benzene rings is 2. The second-order valence-electron chi connectivity index (χ2n) is 4.27. The number of nitrogens with two attached hydrogens (primary N) is 1. The van der Waals surface area contributed by atoms with Crippen LogP contribution in [0.4, 0.5) is 10.1 Å². The van der Waals surface area contributed by atoms with Gasteiger partial charge in [0.15, 0.2) is 0 Å². The van der Waals surface area contributed by atoms with E-state index in [2.05, 4.69) is 0 Å². The lowest BCUT2D eigenvalue weighted by Crippen LogP contribution is -2.00. The van der Waals surface area contributed by atoms with E-state index < -0.39 is 0 Å². The summed E-state index contributed by atoms with van der Waals surface area (Å²) >= 11 is 5.86. The lowest BCUT2D eigenvalue weighted by molar-refractivity contribution is 0.311. The van der Waals surface area contributed by atoms with E-state index in [9.17, 15) is 4.39 Å². The molecule has 0 atom stereocenters. The summed E-state index contributed by atoms with van der Waals surface area (Å²) in [5, 5.41) is 0.299. The zero-order valence-electron chi connectivity index (χ0n) is 10.4. The Morgan fingerprint density at radius 1 is 1.11 bits per heavy atom. The van der Waals surface area contributed by atoms with Gasteiger partial charge in [0.05, 0.1) is 11.6 Å². The van der Waals surface area contributed by atoms with Crippen LogP contribution in [0.15, 0.2) is 42.5 Å². The first-order valence-corrected chi connectivity index (χ1v) is 6.45. The minimum Gasteiger partial charge on any atom is -0.492 e. The fourth-order valence-electron chi connectivity index (χ4n) is 1.73. The van der Waals surface area contributed by atoms with E-state index >= 15 is 0 Å². The quantitative estimate of drug-likeness (QED) is 0.661. The molecule has 0 fully saturated rings. The molecule has 4 heteroatoms. The average Bonchev–Trinajstić information content (AvgIpc) is 2.39. The topological polar surface area (TPSA) is 35.2 Å². The Balaban J connectivity index is 1.79. The Bertz CT molecular complexity index is 542. The molecule has 2 nitrogen and oxygen atoms in total. The first kappa shape index (κ1) is 13.7. The van der Waals surface area contributed by atoms with Crippen molar-refractivity contribution < 1.29 is 9.13 Å². The van der Waals surface area contributed by atoms with Crippen LogP contribution in [0, 0.1) is 5.82 Å². The van der Waals surface area contributed by atoms with Crippen molar-refractivity contribution in [2.45, 2.75) is 12.8 Å². The highest BCUT2D eigenvalue weighted by Gasteiger charge is 2.02. The summed E-state index contributed by atoms with van der Waals surface area (Å²) in [6, 6.07) is 11.9. The zero-order valence-corrected chi connectivity index (χ0v) is 11.2. The third-order valence-electron chi connectivity index (χ3n) is 2.74. The number of rotatable bonds is 5. The number of halogens is 2. The predicted octanol–water partition coefficient (Wildman–Crippen LogP) is 4.07. The maximum absolute atomic E-state index is 12.8. The van der Waals surface area contributed by atoms with Crippen molar-refractivity contribution in [3.05, 3.63) is 58.9 Å². The fourth-order valence-corrected chi connectivity index (χ4v) is 1.96. The largest absolute Gasteiger partial charge is 0.492 e. The second kappa shape index (κ2) is 6.43. The first-order chi connectivity index (χ1) is 9.15. The number of nitrogen functional groups attached to an aromatic ring is 1. The van der Waals surface area contributed by atoms with E-state index in [1.54, 1.807) is 6.07 Å². The minimum atomic E-state index is -0.362. The van der Waals surface area contributed by atoms with Gasteiger partial charge >= 0.3 is 0 Å². The van der Waals surface area contributed by atoms with E-state index in [4.69, 9.17) is 22.1 Å². The van der Waals surface area contributed by atoms with Gasteiger partial charge < -0.3 is 10.5 Å². The summed E-state index contributed by atoms with van der Waals surface area (Å²) in [7, 11) is 0. The molecule has 0 aliphatic carbocycles. The third-order valence-corrected chi connectivity index (χ3v) is 3.04. The van der Waals surface area contributed by atoms with Gasteiger partial charge in [-0.15, -0.1) is 0 Å². The smallest absolute Gasteiger partial charge is 0.138 e. The Morgan fingerprint density at radius 3 is 2.53 bits per heavy atom. The minimum absolute atomic E-state index is 0.299. The van der Waals surface area contributed by atoms with Crippen LogP contribution in [0.2, 0.25) is 5.02 Å². The Labute approximate surface area is 117 Å². The van der Waals surface area contributed by atoms with Crippen molar-refractivity contribution in [1.82, 2.24) is 0 Å². The molecule has 0 unspecified atom stereocenters. The molecule has 2 aromatic rings. The number of hydrogen-bond donors (Lipinski definition) is 1. The number of ether oxygens (including phenoxy) is 1. The van der Waals surface area contributed by atoms with Gasteiger partial charge in [-0.2, -0.15) is 0 Å². The predicted molar refractivity (Wildman–Crippen MR) is 76.1 cm³/mol. The fraction of sp³-hybridized carbons (Fsp3) is 0.200. The van der Waals surface area contributed by atoms with Crippen molar-refractivity contribution in [3.8, 4) is 5.75 Å². The highest BCUT2D eigenvalue weighted by Crippen LogP contribution is 2.25. The summed E-state index contributed by atoms with van der Waals surface area (Å²) in [4.78, 5) is 0. The Hall–Kier alpha value is -1.74. The molecule has 0 saturated heterocycles. The van der Waals surface area contributed by atoms with Gasteiger partial charge in [0.1, 0.15) is 11.6 Å². The van der Waals surface area contributed by atoms with Gasteiger partial charge in [0.2, 0.25) is 0 Å². The summed E-state index contributed by atoms with van der Waals surface area (Å²) in [5.74, 6) is 0.152. The molecule has 0 amide bonds. The highest BCUT2D eigenvalue weighted by molar-refractivity contribution is 6.32. The molecule has 100 valence electrons. The molecule has 0 aliphatic heterocycles. The SMILES string of the molecule is Nc1ccc(CCCOc2ccc(F)cc2Cl)cc1. The number of hydrogen-bond acceptors (Lipinski definition) is 2. The molecule has 0 radical (unpaired) electrons. The summed E-state index contributed by atoms with van der Waals surface area (Å²) in [6.07, 6.45) is 1.76. The maximum atomic E-state index is 12.8. The van der Waals surface area contributed by atoms with Crippen LogP contribution in [-0.2, 0) is 6.42 Å². The zero-order chi connectivity index (χ0) is 13.7. The lowest BCUT2D eigenvalue weighted by atomic mass is 10.1. The number of anilines is 1. The second-order valence-corrected chi connectivity index (χ2v) is 4.68. The van der Waals surface area contributed by atoms with Crippen LogP contribution >= 0.6 is 11.6 Å². The van der Waals surface area contributed by atoms with Crippen LogP contribution in [0.25, 0.3) is 0 Å². The number of aryl methyl sites for hydroxylation is 1. The van der Waals surface area contributed by atoms with E-state index in [0.29, 0.717) is 17.4 Å². The van der Waals surface area contributed by atoms with Gasteiger partial charge in [-0.05, 0) is 48.7 Å². The van der Waals surface area contributed by atoms with Crippen LogP contribution in [0.1, 0.15) is 12.0 Å². The van der Waals surface area contributed by atoms with Crippen LogP contribution in [-0.4, -0.2) is 6.61 Å². The van der Waals surface area contributed by atoms with E-state index in [1.807, 2.05) is 24.3 Å². The van der Waals surface area contributed by atoms with Crippen molar-refractivity contribution in [1.29, 1.82) is 0 Å². The van der Waals surface area contributed by atoms with Crippen molar-refractivity contribution >= 4 is 17.3 Å². The van der Waals surface area contributed by atoms with Crippen molar-refractivity contribution in [3.63, 3.8) is 0 Å². The molecule has 19 heavy (non-hydrogen) atoms. The average molecular weight is 280 g/mol. The maximum Gasteiger partial charge on any atom is 0.138 e. The van der Waals surface area contributed by atoms with Gasteiger partial charge in [0, 0.05) is 5.69 Å². The Morgan fingerprint density at radius 2 is 1.84 bits per heavy atom. The summed E-state index contributed by atoms with van der Waals surface area (Å²) in [6.45, 7) is 0.537. The van der Waals surface area contributed by atoms with Crippen LogP contribution in [0.5, 0.6) is 5.75 Å². The van der Waals surface area contributed by atoms with Crippen LogP contribution < -0.4 is 10.5 Å². The first-order valence-electron chi connectivity index (χ1n) is 6.07. The molecular weight excluding hydrogens is 265 g/mol. The summed E-state index contributed by atoms with van der Waals surface area (Å²) < 4.78 is 18.4. The van der Waals surface area contributed by atoms with Gasteiger partial charge in [-0.1, -0.05) is 23.7 Å². The van der Waals surface area contributed by atoms with Crippen molar-refractivity contribution in [2.75, 3.05) is 12.3 Å². The standard InChI is InChI=1S/C15H15ClFNO/c16-14-10-12(17)5-8-15(14)19-9-1-2-11-3-6-13(18)7-4-11/h3-8,10H,1-2,9,18H2. The molecule has 0 bridgehead atoms. The molecule has 0 heterocycles. The molecule has 2 aromatic carbocycles. The molecule has 2 N–H and O–H groups in total. The highest BCUT2D eigenvalue weighted by atomic mass is 35.5. The van der Waals surface area contributed by atoms with E-state index in [-0.39, 0.29) is 5.82 Å². The van der Waals surface area contributed by atoms with Gasteiger partial charge in [-0.3, -0.25) is 0 Å². The van der Waals surface area contributed by atoms with Crippen LogP contribution in [0.3, 0.4) is 0 Å². The van der Waals surface area contributed by atoms with Crippen molar-refractivity contribution in [2.24, 2.45) is 0 Å². The monoisotopic (exact) mass is 279 g/mol. The van der Waals surface area contributed by atoms with E-state index in [0.717, 1.165) is 18.5 Å². The van der Waals surface area contributed by atoms with Gasteiger partial charge in [0.25, 0.3) is 0 Å². The Kier molecular flexibility index (Phi) is 4.63. The van der Waals surface area contributed by atoms with E-state index in [1.165, 1.54) is 17.7 Å².